The van der Waals surface area contributed by atoms with Crippen LogP contribution in [0.3, 0.4) is 0 Å². The van der Waals surface area contributed by atoms with Gasteiger partial charge in [-0.15, -0.1) is 0 Å². The van der Waals surface area contributed by atoms with Crippen molar-refractivity contribution < 1.29 is 19.4 Å². The SMILES string of the molecule is Cn1cc(C(NC(=O)NC2(C)CCOCC2)C(=O)O)cn1. The minimum absolute atomic E-state index is 0.375. The highest BCUT2D eigenvalue weighted by Crippen LogP contribution is 2.20. The first kappa shape index (κ1) is 15.3. The van der Waals surface area contributed by atoms with Crippen molar-refractivity contribution in [2.45, 2.75) is 31.3 Å². The fraction of sp³-hybridized carbons (Fsp3) is 0.615. The van der Waals surface area contributed by atoms with E-state index in [0.29, 0.717) is 31.6 Å². The van der Waals surface area contributed by atoms with E-state index in [9.17, 15) is 14.7 Å². The average molecular weight is 296 g/mol. The number of carboxylic acids is 1. The summed E-state index contributed by atoms with van der Waals surface area (Å²) in [5.41, 5.74) is 0.0534. The Morgan fingerprint density at radius 1 is 1.48 bits per heavy atom. The molecule has 0 spiro atoms. The summed E-state index contributed by atoms with van der Waals surface area (Å²) in [7, 11) is 1.69. The van der Waals surface area contributed by atoms with Crippen LogP contribution in [-0.2, 0) is 16.6 Å². The molecule has 116 valence electrons. The molecule has 21 heavy (non-hydrogen) atoms. The van der Waals surface area contributed by atoms with Gasteiger partial charge in [-0.05, 0) is 19.8 Å². The maximum Gasteiger partial charge on any atom is 0.331 e. The third-order valence-electron chi connectivity index (χ3n) is 3.59. The van der Waals surface area contributed by atoms with Crippen LogP contribution in [0.4, 0.5) is 4.79 Å². The molecule has 1 aliphatic rings. The Kier molecular flexibility index (Phi) is 4.46. The van der Waals surface area contributed by atoms with Crippen molar-refractivity contribution in [1.29, 1.82) is 0 Å². The van der Waals surface area contributed by atoms with E-state index in [4.69, 9.17) is 4.74 Å². The van der Waals surface area contributed by atoms with Crippen molar-refractivity contribution in [2.24, 2.45) is 7.05 Å². The van der Waals surface area contributed by atoms with Crippen molar-refractivity contribution in [3.8, 4) is 0 Å². The molecule has 1 saturated heterocycles. The highest BCUT2D eigenvalue weighted by atomic mass is 16.5. The molecule has 1 aliphatic heterocycles. The van der Waals surface area contributed by atoms with Crippen LogP contribution >= 0.6 is 0 Å². The van der Waals surface area contributed by atoms with Crippen molar-refractivity contribution in [2.75, 3.05) is 13.2 Å². The topological polar surface area (TPSA) is 105 Å². The molecule has 2 heterocycles. The number of hydrogen-bond donors (Lipinski definition) is 3. The molecule has 8 nitrogen and oxygen atoms in total. The lowest BCUT2D eigenvalue weighted by Gasteiger charge is -2.34. The van der Waals surface area contributed by atoms with Gasteiger partial charge in [0.25, 0.3) is 0 Å². The van der Waals surface area contributed by atoms with Gasteiger partial charge in [-0.25, -0.2) is 9.59 Å². The van der Waals surface area contributed by atoms with Crippen molar-refractivity contribution in [3.63, 3.8) is 0 Å². The van der Waals surface area contributed by atoms with Gasteiger partial charge >= 0.3 is 12.0 Å². The van der Waals surface area contributed by atoms with Crippen LogP contribution < -0.4 is 10.6 Å². The monoisotopic (exact) mass is 296 g/mol. The molecule has 1 unspecified atom stereocenters. The van der Waals surface area contributed by atoms with E-state index in [1.807, 2.05) is 6.92 Å². The summed E-state index contributed by atoms with van der Waals surface area (Å²) in [5, 5.41) is 18.5. The Hall–Kier alpha value is -2.09. The van der Waals surface area contributed by atoms with Crippen LogP contribution in [0.25, 0.3) is 0 Å². The van der Waals surface area contributed by atoms with Gasteiger partial charge in [-0.1, -0.05) is 0 Å². The Morgan fingerprint density at radius 2 is 2.14 bits per heavy atom. The number of rotatable bonds is 4. The van der Waals surface area contributed by atoms with E-state index < -0.39 is 18.0 Å². The van der Waals surface area contributed by atoms with Crippen LogP contribution in [-0.4, -0.2) is 45.6 Å². The summed E-state index contributed by atoms with van der Waals surface area (Å²) in [4.78, 5) is 23.4. The fourth-order valence-electron chi connectivity index (χ4n) is 2.27. The summed E-state index contributed by atoms with van der Waals surface area (Å²) >= 11 is 0. The second kappa shape index (κ2) is 6.13. The third-order valence-corrected chi connectivity index (χ3v) is 3.59. The summed E-state index contributed by atoms with van der Waals surface area (Å²) in [6.45, 7) is 3.10. The molecular formula is C13H20N4O4. The number of hydrogen-bond acceptors (Lipinski definition) is 4. The Balaban J connectivity index is 2.00. The first-order valence-electron chi connectivity index (χ1n) is 6.77. The molecule has 1 aromatic heterocycles. The highest BCUT2D eigenvalue weighted by Gasteiger charge is 2.31. The molecular weight excluding hydrogens is 276 g/mol. The van der Waals surface area contributed by atoms with Crippen LogP contribution in [0.5, 0.6) is 0 Å². The molecule has 1 fully saturated rings. The molecule has 0 aliphatic carbocycles. The van der Waals surface area contributed by atoms with Crippen molar-refractivity contribution in [3.05, 3.63) is 18.0 Å². The quantitative estimate of drug-likeness (QED) is 0.746. The number of aryl methyl sites for hydroxylation is 1. The van der Waals surface area contributed by atoms with Gasteiger partial charge in [0.2, 0.25) is 0 Å². The number of ether oxygens (including phenoxy) is 1. The van der Waals surface area contributed by atoms with Crippen molar-refractivity contribution >= 4 is 12.0 Å². The molecule has 2 amide bonds. The van der Waals surface area contributed by atoms with Gasteiger partial charge in [0.1, 0.15) is 0 Å². The maximum atomic E-state index is 12.1. The molecule has 0 bridgehead atoms. The number of aromatic nitrogens is 2. The first-order valence-corrected chi connectivity index (χ1v) is 6.77. The number of carbonyl (C=O) groups is 2. The molecule has 0 aromatic carbocycles. The second-order valence-corrected chi connectivity index (χ2v) is 5.49. The zero-order chi connectivity index (χ0) is 15.5. The zero-order valence-electron chi connectivity index (χ0n) is 12.1. The molecule has 0 saturated carbocycles. The van der Waals surface area contributed by atoms with Gasteiger partial charge in [0, 0.05) is 37.6 Å². The van der Waals surface area contributed by atoms with Gasteiger partial charge in [0.05, 0.1) is 6.20 Å². The molecule has 1 atom stereocenters. The fourth-order valence-corrected chi connectivity index (χ4v) is 2.27. The Bertz CT molecular complexity index is 522. The number of amides is 2. The van der Waals surface area contributed by atoms with Crippen molar-refractivity contribution in [1.82, 2.24) is 20.4 Å². The van der Waals surface area contributed by atoms with Gasteiger partial charge in [0.15, 0.2) is 6.04 Å². The number of nitrogens with one attached hydrogen (secondary N) is 2. The molecule has 1 aromatic rings. The second-order valence-electron chi connectivity index (χ2n) is 5.49. The minimum atomic E-state index is -1.13. The minimum Gasteiger partial charge on any atom is -0.479 e. The molecule has 2 rings (SSSR count). The van der Waals surface area contributed by atoms with Crippen LogP contribution in [0.15, 0.2) is 12.4 Å². The smallest absolute Gasteiger partial charge is 0.331 e. The van der Waals surface area contributed by atoms with E-state index in [1.165, 1.54) is 10.9 Å². The molecule has 3 N–H and O–H groups in total. The Labute approximate surface area is 122 Å². The third kappa shape index (κ3) is 3.94. The van der Waals surface area contributed by atoms with E-state index in [2.05, 4.69) is 15.7 Å². The van der Waals surface area contributed by atoms with E-state index in [0.717, 1.165) is 0 Å². The zero-order valence-corrected chi connectivity index (χ0v) is 12.1. The lowest BCUT2D eigenvalue weighted by atomic mass is 9.93. The normalized spacial score (nSPS) is 18.8. The van der Waals surface area contributed by atoms with Crippen LogP contribution in [0.1, 0.15) is 31.4 Å². The molecule has 0 radical (unpaired) electrons. The van der Waals surface area contributed by atoms with E-state index >= 15 is 0 Å². The van der Waals surface area contributed by atoms with Gasteiger partial charge < -0.3 is 20.5 Å². The number of nitrogens with zero attached hydrogens (tertiary/aromatic N) is 2. The van der Waals surface area contributed by atoms with E-state index in [-0.39, 0.29) is 5.54 Å². The number of carbonyl (C=O) groups excluding carboxylic acids is 1. The van der Waals surface area contributed by atoms with E-state index in [1.54, 1.807) is 13.2 Å². The predicted molar refractivity (Wildman–Crippen MR) is 73.7 cm³/mol. The molecule has 8 heteroatoms. The highest BCUT2D eigenvalue weighted by molar-refractivity contribution is 5.83. The number of aliphatic carboxylic acids is 1. The summed E-state index contributed by atoms with van der Waals surface area (Å²) in [6, 6.07) is -1.63. The predicted octanol–water partition coefficient (Wildman–Crippen LogP) is 0.414. The van der Waals surface area contributed by atoms with Gasteiger partial charge in [-0.2, -0.15) is 5.10 Å². The Morgan fingerprint density at radius 3 is 2.67 bits per heavy atom. The number of carboxylic acid groups (broad SMARTS) is 1. The summed E-state index contributed by atoms with van der Waals surface area (Å²) in [6.07, 6.45) is 4.39. The summed E-state index contributed by atoms with van der Waals surface area (Å²) in [5.74, 6) is -1.13. The average Bonchev–Trinajstić information content (AvgIpc) is 2.82. The summed E-state index contributed by atoms with van der Waals surface area (Å²) < 4.78 is 6.75. The van der Waals surface area contributed by atoms with Crippen LogP contribution in [0.2, 0.25) is 0 Å². The van der Waals surface area contributed by atoms with Crippen LogP contribution in [0, 0.1) is 0 Å². The first-order chi connectivity index (χ1) is 9.89. The largest absolute Gasteiger partial charge is 0.479 e. The standard InChI is InChI=1S/C13H20N4O4/c1-13(3-5-21-6-4-13)16-12(20)15-10(11(18)19)9-7-14-17(2)8-9/h7-8,10H,3-6H2,1-2H3,(H,18,19)(H2,15,16,20). The lowest BCUT2D eigenvalue weighted by Crippen LogP contribution is -2.54. The maximum absolute atomic E-state index is 12.1. The van der Waals surface area contributed by atoms with Gasteiger partial charge in [-0.3, -0.25) is 4.68 Å². The number of urea groups is 1. The lowest BCUT2D eigenvalue weighted by molar-refractivity contribution is -0.139.